The number of rotatable bonds is 5. The quantitative estimate of drug-likeness (QED) is 0.242. The van der Waals surface area contributed by atoms with Gasteiger partial charge < -0.3 is 16.6 Å². The van der Waals surface area contributed by atoms with Gasteiger partial charge in [0.2, 0.25) is 0 Å². The van der Waals surface area contributed by atoms with E-state index in [2.05, 4.69) is 4.99 Å². The van der Waals surface area contributed by atoms with Crippen LogP contribution in [0.5, 0.6) is 0 Å². The van der Waals surface area contributed by atoms with Gasteiger partial charge in [0.15, 0.2) is 5.96 Å². The molecule has 0 fully saturated rings. The normalized spacial score (nSPS) is 12.1. The minimum atomic E-state index is -1.01. The third-order valence-electron chi connectivity index (χ3n) is 1.18. The molecule has 0 aliphatic carbocycles. The summed E-state index contributed by atoms with van der Waals surface area (Å²) < 4.78 is 0. The van der Waals surface area contributed by atoms with Crippen molar-refractivity contribution in [1.29, 1.82) is 0 Å². The van der Waals surface area contributed by atoms with Crippen LogP contribution >= 0.6 is 11.6 Å². The average molecular weight is 194 g/mol. The molecule has 0 rings (SSSR count). The maximum absolute atomic E-state index is 10.2. The summed E-state index contributed by atoms with van der Waals surface area (Å²) in [7, 11) is 0. The lowest BCUT2D eigenvalue weighted by atomic mass is 10.2. The first kappa shape index (κ1) is 11.0. The second kappa shape index (κ2) is 5.65. The monoisotopic (exact) mass is 193 g/mol. The smallest absolute Gasteiger partial charge is 0.321 e. The molecule has 0 aromatic rings. The van der Waals surface area contributed by atoms with E-state index in [-0.39, 0.29) is 5.96 Å². The van der Waals surface area contributed by atoms with Gasteiger partial charge in [-0.1, -0.05) is 0 Å². The third kappa shape index (κ3) is 5.79. The fourth-order valence-electron chi connectivity index (χ4n) is 0.602. The van der Waals surface area contributed by atoms with Gasteiger partial charge >= 0.3 is 5.97 Å². The van der Waals surface area contributed by atoms with Crippen LogP contribution in [0.2, 0.25) is 0 Å². The first-order valence-electron chi connectivity index (χ1n) is 3.46. The molecule has 0 saturated carbocycles. The summed E-state index contributed by atoms with van der Waals surface area (Å²) in [5, 5.41) is 7.53. The molecule has 0 aliphatic heterocycles. The molecule has 5 N–H and O–H groups in total. The Balaban J connectivity index is 3.44. The molecular formula is C6H12ClN3O2. The first-order valence-corrected chi connectivity index (χ1v) is 3.90. The van der Waals surface area contributed by atoms with E-state index in [1.807, 2.05) is 0 Å². The Kier molecular flexibility index (Phi) is 5.19. The van der Waals surface area contributed by atoms with E-state index >= 15 is 0 Å². The van der Waals surface area contributed by atoms with Crippen molar-refractivity contribution >= 4 is 23.5 Å². The number of halogens is 1. The summed E-state index contributed by atoms with van der Waals surface area (Å²) in [5.74, 6) is -1.00. The summed E-state index contributed by atoms with van der Waals surface area (Å²) in [4.78, 5) is 13.9. The van der Waals surface area contributed by atoms with Crippen LogP contribution in [0.25, 0.3) is 0 Å². The highest BCUT2D eigenvalue weighted by Crippen LogP contribution is 2.04. The number of nitrogens with zero attached hydrogens (tertiary/aromatic N) is 1. The second-order valence-electron chi connectivity index (χ2n) is 2.25. The average Bonchev–Trinajstić information content (AvgIpc) is 1.97. The lowest BCUT2D eigenvalue weighted by Crippen LogP contribution is -2.23. The Morgan fingerprint density at radius 1 is 1.58 bits per heavy atom. The molecule has 0 saturated heterocycles. The number of hydrogen-bond acceptors (Lipinski definition) is 2. The second-order valence-corrected chi connectivity index (χ2v) is 2.78. The standard InChI is InChI=1S/C6H12ClN3O2/c7-4(5(11)12)2-1-3-10-6(8)9/h4H,1-3H2,(H,11,12)(H4,8,9,10)/t4-/m0/s1. The molecule has 6 heteroatoms. The summed E-state index contributed by atoms with van der Waals surface area (Å²) in [5.41, 5.74) is 10.1. The van der Waals surface area contributed by atoms with Crippen LogP contribution in [0, 0.1) is 0 Å². The number of carbonyl (C=O) groups is 1. The summed E-state index contributed by atoms with van der Waals surface area (Å²) in [6, 6.07) is 0. The van der Waals surface area contributed by atoms with Crippen LogP contribution in [-0.4, -0.2) is 29.0 Å². The summed E-state index contributed by atoms with van der Waals surface area (Å²) >= 11 is 5.42. The molecule has 0 aromatic carbocycles. The van der Waals surface area contributed by atoms with Crippen molar-refractivity contribution in [2.24, 2.45) is 16.5 Å². The van der Waals surface area contributed by atoms with Crippen LogP contribution in [0.1, 0.15) is 12.8 Å². The molecule has 0 radical (unpaired) electrons. The largest absolute Gasteiger partial charge is 0.480 e. The number of carboxylic acids is 1. The Labute approximate surface area is 75.4 Å². The molecule has 1 atom stereocenters. The van der Waals surface area contributed by atoms with Crippen LogP contribution < -0.4 is 11.5 Å². The molecule has 0 bridgehead atoms. The van der Waals surface area contributed by atoms with E-state index in [1.165, 1.54) is 0 Å². The Bertz CT molecular complexity index is 180. The van der Waals surface area contributed by atoms with Crippen molar-refractivity contribution in [3.63, 3.8) is 0 Å². The predicted molar refractivity (Wildman–Crippen MR) is 47.2 cm³/mol. The van der Waals surface area contributed by atoms with Crippen molar-refractivity contribution in [3.8, 4) is 0 Å². The van der Waals surface area contributed by atoms with E-state index in [4.69, 9.17) is 28.2 Å². The van der Waals surface area contributed by atoms with Crippen molar-refractivity contribution in [3.05, 3.63) is 0 Å². The van der Waals surface area contributed by atoms with Crippen LogP contribution in [0.15, 0.2) is 4.99 Å². The van der Waals surface area contributed by atoms with E-state index in [9.17, 15) is 4.79 Å². The minimum Gasteiger partial charge on any atom is -0.480 e. The molecule has 70 valence electrons. The zero-order valence-corrected chi connectivity index (χ0v) is 7.29. The van der Waals surface area contributed by atoms with Crippen LogP contribution in [0.4, 0.5) is 0 Å². The molecule has 0 unspecified atom stereocenters. The van der Waals surface area contributed by atoms with Crippen molar-refractivity contribution in [2.45, 2.75) is 18.2 Å². The van der Waals surface area contributed by atoms with Gasteiger partial charge in [-0.3, -0.25) is 9.79 Å². The van der Waals surface area contributed by atoms with Gasteiger partial charge in [-0.15, -0.1) is 11.6 Å². The number of aliphatic imine (C=N–C) groups is 1. The summed E-state index contributed by atoms with van der Waals surface area (Å²) in [6.07, 6.45) is 0.937. The topological polar surface area (TPSA) is 102 Å². The molecular weight excluding hydrogens is 182 g/mol. The van der Waals surface area contributed by atoms with Gasteiger partial charge in [0, 0.05) is 6.54 Å². The van der Waals surface area contributed by atoms with Crippen LogP contribution in [-0.2, 0) is 4.79 Å². The Morgan fingerprint density at radius 3 is 2.58 bits per heavy atom. The molecule has 0 aromatic heterocycles. The van der Waals surface area contributed by atoms with E-state index < -0.39 is 11.3 Å². The molecule has 0 spiro atoms. The molecule has 5 nitrogen and oxygen atoms in total. The zero-order valence-electron chi connectivity index (χ0n) is 6.53. The van der Waals surface area contributed by atoms with Crippen molar-refractivity contribution in [1.82, 2.24) is 0 Å². The Hall–Kier alpha value is -0.970. The third-order valence-corrected chi connectivity index (χ3v) is 1.58. The molecule has 12 heavy (non-hydrogen) atoms. The van der Waals surface area contributed by atoms with E-state index in [0.717, 1.165) is 0 Å². The van der Waals surface area contributed by atoms with Crippen molar-refractivity contribution in [2.75, 3.05) is 6.54 Å². The number of aliphatic carboxylic acids is 1. The van der Waals surface area contributed by atoms with Gasteiger partial charge in [-0.25, -0.2) is 0 Å². The van der Waals surface area contributed by atoms with E-state index in [1.54, 1.807) is 0 Å². The molecule has 0 amide bonds. The van der Waals surface area contributed by atoms with Gasteiger partial charge in [0.25, 0.3) is 0 Å². The minimum absolute atomic E-state index is 0.0106. The summed E-state index contributed by atoms with van der Waals surface area (Å²) in [6.45, 7) is 0.416. The fraction of sp³-hybridized carbons (Fsp3) is 0.667. The first-order chi connectivity index (χ1) is 5.54. The predicted octanol–water partition coefficient (Wildman–Crippen LogP) is -0.268. The highest BCUT2D eigenvalue weighted by atomic mass is 35.5. The SMILES string of the molecule is NC(N)=NCCC[C@H](Cl)C(=O)O. The Morgan fingerprint density at radius 2 is 2.17 bits per heavy atom. The lowest BCUT2D eigenvalue weighted by Gasteiger charge is -2.00. The lowest BCUT2D eigenvalue weighted by molar-refractivity contribution is -0.136. The highest BCUT2D eigenvalue weighted by Gasteiger charge is 2.11. The zero-order chi connectivity index (χ0) is 9.56. The number of carboxylic acid groups (broad SMARTS) is 1. The van der Waals surface area contributed by atoms with Gasteiger partial charge in [0.05, 0.1) is 0 Å². The maximum atomic E-state index is 10.2. The van der Waals surface area contributed by atoms with Gasteiger partial charge in [-0.2, -0.15) is 0 Å². The number of hydrogen-bond donors (Lipinski definition) is 3. The number of nitrogens with two attached hydrogens (primary N) is 2. The maximum Gasteiger partial charge on any atom is 0.321 e. The molecule has 0 heterocycles. The fourth-order valence-corrected chi connectivity index (χ4v) is 0.756. The van der Waals surface area contributed by atoms with Crippen LogP contribution in [0.3, 0.4) is 0 Å². The van der Waals surface area contributed by atoms with E-state index in [0.29, 0.717) is 19.4 Å². The highest BCUT2D eigenvalue weighted by molar-refractivity contribution is 6.29. The van der Waals surface area contributed by atoms with Gasteiger partial charge in [0.1, 0.15) is 5.38 Å². The number of guanidine groups is 1. The van der Waals surface area contributed by atoms with Crippen molar-refractivity contribution < 1.29 is 9.90 Å². The molecule has 0 aliphatic rings. The van der Waals surface area contributed by atoms with Gasteiger partial charge in [-0.05, 0) is 12.8 Å². The number of alkyl halides is 1.